The molecule has 0 aliphatic heterocycles. The molecule has 1 aromatic rings. The highest BCUT2D eigenvalue weighted by Gasteiger charge is 2.10. The van der Waals surface area contributed by atoms with E-state index in [2.05, 4.69) is 31.3 Å². The van der Waals surface area contributed by atoms with Crippen molar-refractivity contribution in [1.29, 1.82) is 0 Å². The van der Waals surface area contributed by atoms with E-state index in [1.54, 1.807) is 14.2 Å². The van der Waals surface area contributed by atoms with Gasteiger partial charge < -0.3 is 14.8 Å². The lowest BCUT2D eigenvalue weighted by atomic mass is 10.0. The normalized spacial score (nSPS) is 12.5. The van der Waals surface area contributed by atoms with Crippen LogP contribution in [0.15, 0.2) is 18.2 Å². The Morgan fingerprint density at radius 1 is 1.31 bits per heavy atom. The summed E-state index contributed by atoms with van der Waals surface area (Å²) in [4.78, 5) is 0. The first-order valence-electron chi connectivity index (χ1n) is 5.56. The van der Waals surface area contributed by atoms with Crippen molar-refractivity contribution in [3.05, 3.63) is 29.3 Å². The molecule has 90 valence electrons. The lowest BCUT2D eigenvalue weighted by Gasteiger charge is -2.17. The van der Waals surface area contributed by atoms with Gasteiger partial charge in [-0.25, -0.2) is 0 Å². The Morgan fingerprint density at radius 3 is 2.69 bits per heavy atom. The van der Waals surface area contributed by atoms with Gasteiger partial charge in [-0.15, -0.1) is 0 Å². The van der Waals surface area contributed by atoms with Crippen molar-refractivity contribution in [1.82, 2.24) is 5.32 Å². The summed E-state index contributed by atoms with van der Waals surface area (Å²) in [6.45, 7) is 5.78. The molecule has 0 radical (unpaired) electrons. The fraction of sp³-hybridized carbons (Fsp3) is 0.538. The molecule has 0 fully saturated rings. The SMILES string of the molecule is COCCNC(C)c1cc(C)ccc1OC. The number of benzene rings is 1. The predicted octanol–water partition coefficient (Wildman–Crippen LogP) is 2.30. The zero-order valence-corrected chi connectivity index (χ0v) is 10.5. The quantitative estimate of drug-likeness (QED) is 0.751. The third-order valence-corrected chi connectivity index (χ3v) is 2.61. The van der Waals surface area contributed by atoms with Crippen LogP contribution < -0.4 is 10.1 Å². The molecule has 0 amide bonds. The summed E-state index contributed by atoms with van der Waals surface area (Å²) in [6.07, 6.45) is 0. The maximum atomic E-state index is 5.36. The molecule has 0 bridgehead atoms. The first-order chi connectivity index (χ1) is 7.69. The largest absolute Gasteiger partial charge is 0.496 e. The number of ether oxygens (including phenoxy) is 2. The molecule has 0 spiro atoms. The Bertz CT molecular complexity index is 326. The molecule has 0 aliphatic carbocycles. The minimum Gasteiger partial charge on any atom is -0.496 e. The molecule has 0 heterocycles. The van der Waals surface area contributed by atoms with Gasteiger partial charge in [0.05, 0.1) is 13.7 Å². The maximum absolute atomic E-state index is 5.36. The Balaban J connectivity index is 2.72. The van der Waals surface area contributed by atoms with E-state index in [1.165, 1.54) is 11.1 Å². The second-order valence-corrected chi connectivity index (χ2v) is 3.91. The maximum Gasteiger partial charge on any atom is 0.123 e. The molecule has 1 N–H and O–H groups in total. The smallest absolute Gasteiger partial charge is 0.123 e. The highest BCUT2D eigenvalue weighted by molar-refractivity contribution is 5.38. The van der Waals surface area contributed by atoms with Crippen molar-refractivity contribution in [2.45, 2.75) is 19.9 Å². The second kappa shape index (κ2) is 6.51. The van der Waals surface area contributed by atoms with Gasteiger partial charge in [0.15, 0.2) is 0 Å². The molecule has 0 aromatic heterocycles. The van der Waals surface area contributed by atoms with Crippen LogP contribution >= 0.6 is 0 Å². The summed E-state index contributed by atoms with van der Waals surface area (Å²) in [5.74, 6) is 0.933. The third-order valence-electron chi connectivity index (χ3n) is 2.61. The number of methoxy groups -OCH3 is 2. The minimum absolute atomic E-state index is 0.269. The predicted molar refractivity (Wildman–Crippen MR) is 66.0 cm³/mol. The Labute approximate surface area is 97.8 Å². The van der Waals surface area contributed by atoms with Gasteiger partial charge in [0.2, 0.25) is 0 Å². The van der Waals surface area contributed by atoms with Crippen LogP contribution in [0.5, 0.6) is 5.75 Å². The van der Waals surface area contributed by atoms with E-state index in [0.29, 0.717) is 0 Å². The van der Waals surface area contributed by atoms with Crippen LogP contribution in [0.2, 0.25) is 0 Å². The molecule has 1 atom stereocenters. The number of aryl methyl sites for hydroxylation is 1. The van der Waals surface area contributed by atoms with Gasteiger partial charge in [-0.05, 0) is 19.9 Å². The summed E-state index contributed by atoms with van der Waals surface area (Å²) in [5.41, 5.74) is 2.44. The molecule has 1 rings (SSSR count). The van der Waals surface area contributed by atoms with Gasteiger partial charge in [-0.1, -0.05) is 17.7 Å². The third kappa shape index (κ3) is 3.51. The lowest BCUT2D eigenvalue weighted by Crippen LogP contribution is -2.23. The van der Waals surface area contributed by atoms with Gasteiger partial charge in [0.25, 0.3) is 0 Å². The minimum atomic E-state index is 0.269. The fourth-order valence-corrected chi connectivity index (χ4v) is 1.68. The van der Waals surface area contributed by atoms with Crippen molar-refractivity contribution < 1.29 is 9.47 Å². The Hall–Kier alpha value is -1.06. The Morgan fingerprint density at radius 2 is 2.06 bits per heavy atom. The van der Waals surface area contributed by atoms with Crippen LogP contribution in [0.4, 0.5) is 0 Å². The number of rotatable bonds is 6. The van der Waals surface area contributed by atoms with Crippen LogP contribution in [-0.4, -0.2) is 27.4 Å². The number of hydrogen-bond donors (Lipinski definition) is 1. The monoisotopic (exact) mass is 223 g/mol. The Kier molecular flexibility index (Phi) is 5.29. The fourth-order valence-electron chi connectivity index (χ4n) is 1.68. The number of nitrogens with one attached hydrogen (secondary N) is 1. The average molecular weight is 223 g/mol. The van der Waals surface area contributed by atoms with E-state index in [9.17, 15) is 0 Å². The van der Waals surface area contributed by atoms with Crippen LogP contribution in [0, 0.1) is 6.92 Å². The molecule has 1 unspecified atom stereocenters. The van der Waals surface area contributed by atoms with Crippen molar-refractivity contribution in [2.24, 2.45) is 0 Å². The summed E-state index contributed by atoms with van der Waals surface area (Å²) < 4.78 is 10.4. The highest BCUT2D eigenvalue weighted by Crippen LogP contribution is 2.25. The van der Waals surface area contributed by atoms with E-state index in [1.807, 2.05) is 6.07 Å². The van der Waals surface area contributed by atoms with Crippen LogP contribution in [-0.2, 0) is 4.74 Å². The van der Waals surface area contributed by atoms with Gasteiger partial charge in [0, 0.05) is 25.3 Å². The molecular formula is C13H21NO2. The second-order valence-electron chi connectivity index (χ2n) is 3.91. The molecular weight excluding hydrogens is 202 g/mol. The first kappa shape index (κ1) is 13.0. The molecule has 16 heavy (non-hydrogen) atoms. The number of hydrogen-bond acceptors (Lipinski definition) is 3. The van der Waals surface area contributed by atoms with Crippen LogP contribution in [0.25, 0.3) is 0 Å². The van der Waals surface area contributed by atoms with E-state index >= 15 is 0 Å². The van der Waals surface area contributed by atoms with E-state index in [0.717, 1.165) is 18.9 Å². The van der Waals surface area contributed by atoms with Crippen molar-refractivity contribution in [2.75, 3.05) is 27.4 Å². The van der Waals surface area contributed by atoms with Crippen molar-refractivity contribution >= 4 is 0 Å². The van der Waals surface area contributed by atoms with Gasteiger partial charge >= 0.3 is 0 Å². The lowest BCUT2D eigenvalue weighted by molar-refractivity contribution is 0.196. The summed E-state index contributed by atoms with van der Waals surface area (Å²) in [5, 5.41) is 3.40. The zero-order chi connectivity index (χ0) is 12.0. The molecule has 3 nitrogen and oxygen atoms in total. The summed E-state index contributed by atoms with van der Waals surface area (Å²) >= 11 is 0. The van der Waals surface area contributed by atoms with Gasteiger partial charge in [-0.3, -0.25) is 0 Å². The standard InChI is InChI=1S/C13H21NO2/c1-10-5-6-13(16-4)12(9-10)11(2)14-7-8-15-3/h5-6,9,11,14H,7-8H2,1-4H3. The van der Waals surface area contributed by atoms with Gasteiger partial charge in [0.1, 0.15) is 5.75 Å². The van der Waals surface area contributed by atoms with Crippen molar-refractivity contribution in [3.63, 3.8) is 0 Å². The topological polar surface area (TPSA) is 30.5 Å². The van der Waals surface area contributed by atoms with Crippen LogP contribution in [0.1, 0.15) is 24.1 Å². The van der Waals surface area contributed by atoms with E-state index in [4.69, 9.17) is 9.47 Å². The molecule has 3 heteroatoms. The molecule has 0 saturated heterocycles. The van der Waals surface area contributed by atoms with Crippen LogP contribution in [0.3, 0.4) is 0 Å². The molecule has 0 aliphatic rings. The average Bonchev–Trinajstić information content (AvgIpc) is 2.29. The van der Waals surface area contributed by atoms with E-state index < -0.39 is 0 Å². The molecule has 0 saturated carbocycles. The molecule has 1 aromatic carbocycles. The van der Waals surface area contributed by atoms with E-state index in [-0.39, 0.29) is 6.04 Å². The highest BCUT2D eigenvalue weighted by atomic mass is 16.5. The summed E-state index contributed by atoms with van der Waals surface area (Å²) in [7, 11) is 3.41. The summed E-state index contributed by atoms with van der Waals surface area (Å²) in [6, 6.07) is 6.50. The van der Waals surface area contributed by atoms with Crippen molar-refractivity contribution in [3.8, 4) is 5.75 Å². The first-order valence-corrected chi connectivity index (χ1v) is 5.56. The zero-order valence-electron chi connectivity index (χ0n) is 10.5. The van der Waals surface area contributed by atoms with Gasteiger partial charge in [-0.2, -0.15) is 0 Å².